The van der Waals surface area contributed by atoms with Crippen molar-refractivity contribution in [1.82, 2.24) is 9.47 Å². The number of benzene rings is 2. The molecule has 1 aromatic heterocycles. The first kappa shape index (κ1) is 19.3. The SMILES string of the molecule is C[C@@H]1OC[C@@H]2[C@@H](C[C@H]3c4c(c5ccccc5n4C)C[C@@H]2N3Cc2ccccc2)[C@H]1C=O. The molecule has 3 aliphatic rings. The molecule has 2 saturated heterocycles. The van der Waals surface area contributed by atoms with Crippen LogP contribution in [0.3, 0.4) is 0 Å². The van der Waals surface area contributed by atoms with Gasteiger partial charge in [-0.1, -0.05) is 48.5 Å². The number of nitrogens with zero attached hydrogens (tertiary/aromatic N) is 2. The van der Waals surface area contributed by atoms with E-state index in [0.717, 1.165) is 26.0 Å². The van der Waals surface area contributed by atoms with E-state index in [1.54, 1.807) is 0 Å². The number of hydrogen-bond donors (Lipinski definition) is 0. The summed E-state index contributed by atoms with van der Waals surface area (Å²) in [4.78, 5) is 14.8. The molecule has 0 N–H and O–H groups in total. The largest absolute Gasteiger partial charge is 0.377 e. The highest BCUT2D eigenvalue weighted by Crippen LogP contribution is 2.53. The van der Waals surface area contributed by atoms with Crippen molar-refractivity contribution in [2.24, 2.45) is 24.8 Å². The minimum Gasteiger partial charge on any atom is -0.377 e. The van der Waals surface area contributed by atoms with E-state index in [1.165, 1.54) is 34.0 Å². The van der Waals surface area contributed by atoms with Gasteiger partial charge in [-0.25, -0.2) is 0 Å². The number of carbonyl (C=O) groups excluding carboxylic acids is 1. The Morgan fingerprint density at radius 2 is 1.84 bits per heavy atom. The third kappa shape index (κ3) is 2.85. The summed E-state index contributed by atoms with van der Waals surface area (Å²) in [5, 5.41) is 1.39. The quantitative estimate of drug-likeness (QED) is 0.591. The van der Waals surface area contributed by atoms with Crippen molar-refractivity contribution in [2.75, 3.05) is 6.61 Å². The second kappa shape index (κ2) is 7.32. The van der Waals surface area contributed by atoms with Crippen molar-refractivity contribution in [1.29, 1.82) is 0 Å². The zero-order chi connectivity index (χ0) is 21.1. The summed E-state index contributed by atoms with van der Waals surface area (Å²) in [5.41, 5.74) is 5.64. The van der Waals surface area contributed by atoms with Gasteiger partial charge in [-0.15, -0.1) is 0 Å². The summed E-state index contributed by atoms with van der Waals surface area (Å²) >= 11 is 0. The van der Waals surface area contributed by atoms with Gasteiger partial charge in [0.05, 0.1) is 18.8 Å². The molecule has 3 aliphatic heterocycles. The Balaban J connectivity index is 1.50. The van der Waals surface area contributed by atoms with Crippen LogP contribution in [-0.4, -0.2) is 34.5 Å². The first-order chi connectivity index (χ1) is 15.2. The van der Waals surface area contributed by atoms with Crippen LogP contribution in [0.4, 0.5) is 0 Å². The smallest absolute Gasteiger partial charge is 0.125 e. The Morgan fingerprint density at radius 1 is 1.06 bits per heavy atom. The fourth-order valence-corrected chi connectivity index (χ4v) is 6.84. The number of para-hydroxylation sites is 1. The van der Waals surface area contributed by atoms with Gasteiger partial charge < -0.3 is 14.1 Å². The molecule has 2 aromatic carbocycles. The predicted octanol–water partition coefficient (Wildman–Crippen LogP) is 4.52. The topological polar surface area (TPSA) is 34.5 Å². The molecule has 4 nitrogen and oxygen atoms in total. The highest BCUT2D eigenvalue weighted by Gasteiger charge is 2.53. The van der Waals surface area contributed by atoms with E-state index in [1.807, 2.05) is 0 Å². The lowest BCUT2D eigenvalue weighted by atomic mass is 9.64. The number of ether oxygens (including phenoxy) is 1. The van der Waals surface area contributed by atoms with Crippen molar-refractivity contribution >= 4 is 17.2 Å². The van der Waals surface area contributed by atoms with Crippen LogP contribution in [0.15, 0.2) is 54.6 Å². The van der Waals surface area contributed by atoms with E-state index in [0.29, 0.717) is 23.9 Å². The molecule has 0 spiro atoms. The molecule has 4 heterocycles. The zero-order valence-corrected chi connectivity index (χ0v) is 18.3. The van der Waals surface area contributed by atoms with Crippen molar-refractivity contribution < 1.29 is 9.53 Å². The number of aldehydes is 1. The van der Waals surface area contributed by atoms with Gasteiger partial charge in [-0.2, -0.15) is 0 Å². The number of carbonyl (C=O) groups is 1. The van der Waals surface area contributed by atoms with Crippen LogP contribution in [0, 0.1) is 17.8 Å². The van der Waals surface area contributed by atoms with Gasteiger partial charge in [0.25, 0.3) is 0 Å². The fourth-order valence-electron chi connectivity index (χ4n) is 6.84. The van der Waals surface area contributed by atoms with Gasteiger partial charge in [0, 0.05) is 48.1 Å². The molecule has 31 heavy (non-hydrogen) atoms. The van der Waals surface area contributed by atoms with Crippen molar-refractivity contribution in [3.63, 3.8) is 0 Å². The lowest BCUT2D eigenvalue weighted by Gasteiger charge is -2.56. The number of rotatable bonds is 3. The Morgan fingerprint density at radius 3 is 2.65 bits per heavy atom. The molecule has 2 fully saturated rings. The Kier molecular flexibility index (Phi) is 4.55. The Bertz CT molecular complexity index is 1120. The molecule has 6 rings (SSSR count). The van der Waals surface area contributed by atoms with Crippen molar-refractivity contribution in [3.05, 3.63) is 71.4 Å². The molecule has 0 saturated carbocycles. The van der Waals surface area contributed by atoms with Crippen LogP contribution in [0.1, 0.15) is 36.2 Å². The van der Waals surface area contributed by atoms with Crippen molar-refractivity contribution in [2.45, 2.75) is 44.5 Å². The van der Waals surface area contributed by atoms with Gasteiger partial charge in [0.1, 0.15) is 6.29 Å². The number of aryl methyl sites for hydroxylation is 1. The molecule has 3 aromatic rings. The maximum Gasteiger partial charge on any atom is 0.125 e. The third-order valence-electron chi connectivity index (χ3n) is 8.31. The molecule has 2 bridgehead atoms. The third-order valence-corrected chi connectivity index (χ3v) is 8.31. The second-order valence-corrected chi connectivity index (χ2v) is 9.70. The summed E-state index contributed by atoms with van der Waals surface area (Å²) in [6.45, 7) is 3.78. The van der Waals surface area contributed by atoms with Gasteiger partial charge >= 0.3 is 0 Å². The minimum atomic E-state index is -0.00106. The van der Waals surface area contributed by atoms with E-state index in [4.69, 9.17) is 4.74 Å². The lowest BCUT2D eigenvalue weighted by molar-refractivity contribution is -0.155. The van der Waals surface area contributed by atoms with E-state index < -0.39 is 0 Å². The fraction of sp³-hybridized carbons (Fsp3) is 0.444. The summed E-state index contributed by atoms with van der Waals surface area (Å²) in [6.07, 6.45) is 3.26. The highest BCUT2D eigenvalue weighted by atomic mass is 16.5. The van der Waals surface area contributed by atoms with Crippen LogP contribution in [0.25, 0.3) is 10.9 Å². The molecule has 160 valence electrons. The number of aromatic nitrogens is 1. The Labute approximate surface area is 183 Å². The van der Waals surface area contributed by atoms with E-state index >= 15 is 0 Å². The Hall–Kier alpha value is -2.43. The highest BCUT2D eigenvalue weighted by molar-refractivity contribution is 5.86. The van der Waals surface area contributed by atoms with Gasteiger partial charge in [-0.3, -0.25) is 4.90 Å². The second-order valence-electron chi connectivity index (χ2n) is 9.70. The van der Waals surface area contributed by atoms with Crippen molar-refractivity contribution in [3.8, 4) is 0 Å². The molecule has 6 atom stereocenters. The van der Waals surface area contributed by atoms with Crippen LogP contribution in [0.5, 0.6) is 0 Å². The molecule has 0 radical (unpaired) electrons. The summed E-state index contributed by atoms with van der Waals surface area (Å²) in [7, 11) is 2.22. The van der Waals surface area contributed by atoms with Crippen LogP contribution < -0.4 is 0 Å². The van der Waals surface area contributed by atoms with Gasteiger partial charge in [0.2, 0.25) is 0 Å². The zero-order valence-electron chi connectivity index (χ0n) is 18.3. The first-order valence-corrected chi connectivity index (χ1v) is 11.6. The molecular weight excluding hydrogens is 384 g/mol. The van der Waals surface area contributed by atoms with E-state index in [-0.39, 0.29) is 12.0 Å². The number of piperidine rings is 1. The molecular formula is C27H30N2O2. The van der Waals surface area contributed by atoms with Gasteiger partial charge in [0.15, 0.2) is 0 Å². The van der Waals surface area contributed by atoms with Crippen LogP contribution in [-0.2, 0) is 29.5 Å². The minimum absolute atomic E-state index is 0.00106. The normalized spacial score (nSPS) is 32.5. The van der Waals surface area contributed by atoms with E-state index in [2.05, 4.69) is 78.0 Å². The summed E-state index contributed by atoms with van der Waals surface area (Å²) < 4.78 is 8.58. The molecule has 4 heteroatoms. The molecule has 0 unspecified atom stereocenters. The van der Waals surface area contributed by atoms with E-state index in [9.17, 15) is 4.79 Å². The average molecular weight is 415 g/mol. The average Bonchev–Trinajstić information content (AvgIpc) is 3.07. The standard InChI is InChI=1S/C27H30N2O2/c1-17-22(15-30)20-12-26-27-21(19-10-6-7-11-24(19)28(27)2)13-25(23(20)16-31-17)29(26)14-18-8-4-3-5-9-18/h3-11,15,17,20,22-23,25-26H,12-14,16H2,1-2H3/t17-,20-,22-,23+,25-,26-/m0/s1. The number of fused-ring (bicyclic) bond motifs is 8. The predicted molar refractivity (Wildman–Crippen MR) is 122 cm³/mol. The lowest BCUT2D eigenvalue weighted by Crippen LogP contribution is -2.59. The van der Waals surface area contributed by atoms with Crippen LogP contribution in [0.2, 0.25) is 0 Å². The summed E-state index contributed by atoms with van der Waals surface area (Å²) in [5.74, 6) is 0.798. The molecule has 0 amide bonds. The summed E-state index contributed by atoms with van der Waals surface area (Å²) in [6, 6.07) is 20.4. The monoisotopic (exact) mass is 414 g/mol. The van der Waals surface area contributed by atoms with Gasteiger partial charge in [-0.05, 0) is 42.9 Å². The first-order valence-electron chi connectivity index (χ1n) is 11.6. The van der Waals surface area contributed by atoms with Crippen LogP contribution >= 0.6 is 0 Å². The maximum absolute atomic E-state index is 12.1. The molecule has 0 aliphatic carbocycles. The number of hydrogen-bond acceptors (Lipinski definition) is 3. The maximum atomic E-state index is 12.1.